The maximum atomic E-state index is 13.2. The Labute approximate surface area is 121 Å². The van der Waals surface area contributed by atoms with E-state index >= 15 is 0 Å². The number of hydrogen-bond acceptors (Lipinski definition) is 5. The molecule has 1 aliphatic rings. The van der Waals surface area contributed by atoms with Crippen molar-refractivity contribution in [2.45, 2.75) is 25.0 Å². The van der Waals surface area contributed by atoms with Gasteiger partial charge in [0.25, 0.3) is 5.91 Å². The number of nitrogens with one attached hydrogen (secondary N) is 1. The number of rotatable bonds is 4. The van der Waals surface area contributed by atoms with Gasteiger partial charge in [0.15, 0.2) is 0 Å². The second kappa shape index (κ2) is 6.64. The monoisotopic (exact) mass is 296 g/mol. The normalized spacial score (nSPS) is 21.1. The highest BCUT2D eigenvalue weighted by atomic mass is 19.1. The predicted octanol–water partition coefficient (Wildman–Crippen LogP) is 1.06. The van der Waals surface area contributed by atoms with Crippen LogP contribution in [0.1, 0.15) is 23.2 Å². The molecule has 0 aliphatic carbocycles. The van der Waals surface area contributed by atoms with Crippen LogP contribution in [0.4, 0.5) is 10.1 Å². The summed E-state index contributed by atoms with van der Waals surface area (Å²) in [6, 6.07) is 3.48. The molecule has 1 aliphatic heterocycles. The number of methoxy groups -OCH3 is 1. The van der Waals surface area contributed by atoms with Crippen LogP contribution in [0.25, 0.3) is 0 Å². The van der Waals surface area contributed by atoms with Crippen LogP contribution in [0.5, 0.6) is 0 Å². The van der Waals surface area contributed by atoms with E-state index in [2.05, 4.69) is 10.1 Å². The van der Waals surface area contributed by atoms with Gasteiger partial charge in [-0.1, -0.05) is 0 Å². The van der Waals surface area contributed by atoms with Crippen molar-refractivity contribution in [3.63, 3.8) is 0 Å². The molecule has 0 saturated carbocycles. The van der Waals surface area contributed by atoms with Gasteiger partial charge in [-0.05, 0) is 31.0 Å². The molecule has 114 valence electrons. The van der Waals surface area contributed by atoms with Crippen LogP contribution in [0.15, 0.2) is 18.2 Å². The van der Waals surface area contributed by atoms with Gasteiger partial charge in [-0.25, -0.2) is 9.18 Å². The second-order valence-corrected chi connectivity index (χ2v) is 4.73. The highest BCUT2D eigenvalue weighted by Crippen LogP contribution is 2.23. The molecule has 1 amide bonds. The van der Waals surface area contributed by atoms with Crippen molar-refractivity contribution in [3.05, 3.63) is 29.6 Å². The molecule has 0 spiro atoms. The molecule has 21 heavy (non-hydrogen) atoms. The van der Waals surface area contributed by atoms with E-state index in [4.69, 9.17) is 10.5 Å². The number of nitrogens with two attached hydrogens (primary N) is 1. The molecule has 7 heteroatoms. The van der Waals surface area contributed by atoms with Gasteiger partial charge < -0.3 is 20.5 Å². The minimum absolute atomic E-state index is 0.0424. The number of esters is 1. The molecule has 2 unspecified atom stereocenters. The first-order valence-electron chi connectivity index (χ1n) is 6.59. The van der Waals surface area contributed by atoms with E-state index in [0.717, 1.165) is 12.1 Å². The van der Waals surface area contributed by atoms with E-state index in [0.29, 0.717) is 19.4 Å². The highest BCUT2D eigenvalue weighted by molar-refractivity contribution is 6.02. The third kappa shape index (κ3) is 3.56. The molecule has 6 nitrogen and oxygen atoms in total. The topological polar surface area (TPSA) is 90.7 Å². The molecule has 0 radical (unpaired) electrons. The average Bonchev–Trinajstić information content (AvgIpc) is 2.97. The Morgan fingerprint density at radius 1 is 1.48 bits per heavy atom. The van der Waals surface area contributed by atoms with Gasteiger partial charge in [-0.15, -0.1) is 0 Å². The maximum Gasteiger partial charge on any atom is 0.340 e. The van der Waals surface area contributed by atoms with Gasteiger partial charge in [-0.3, -0.25) is 4.79 Å². The fourth-order valence-corrected chi connectivity index (χ4v) is 2.19. The summed E-state index contributed by atoms with van der Waals surface area (Å²) in [6.45, 7) is 0.355. The minimum atomic E-state index is -0.725. The van der Waals surface area contributed by atoms with Crippen molar-refractivity contribution in [3.8, 4) is 0 Å². The lowest BCUT2D eigenvalue weighted by molar-refractivity contribution is -0.126. The number of ether oxygens (including phenoxy) is 2. The van der Waals surface area contributed by atoms with Gasteiger partial charge in [0.2, 0.25) is 0 Å². The molecule has 3 N–H and O–H groups in total. The van der Waals surface area contributed by atoms with Crippen LogP contribution in [-0.4, -0.2) is 37.7 Å². The Hall–Kier alpha value is -1.99. The summed E-state index contributed by atoms with van der Waals surface area (Å²) in [4.78, 5) is 23.7. The fourth-order valence-electron chi connectivity index (χ4n) is 2.19. The zero-order valence-electron chi connectivity index (χ0n) is 11.6. The molecule has 1 saturated heterocycles. The van der Waals surface area contributed by atoms with Gasteiger partial charge in [-0.2, -0.15) is 0 Å². The van der Waals surface area contributed by atoms with E-state index in [1.54, 1.807) is 0 Å². The van der Waals surface area contributed by atoms with Crippen LogP contribution >= 0.6 is 0 Å². The Bertz CT molecular complexity index is 550. The largest absolute Gasteiger partial charge is 0.465 e. The van der Waals surface area contributed by atoms with Crippen molar-refractivity contribution in [1.29, 1.82) is 0 Å². The lowest BCUT2D eigenvalue weighted by Crippen LogP contribution is -2.30. The molecule has 2 rings (SSSR count). The predicted molar refractivity (Wildman–Crippen MR) is 73.3 cm³/mol. The summed E-state index contributed by atoms with van der Waals surface area (Å²) in [5.41, 5.74) is 5.63. The standard InChI is InChI=1S/C14H17FN2O4/c1-20-14(19)10-6-8(15)2-4-11(10)17-13(18)12-5-3-9(7-16)21-12/h2,4,6,9,12H,3,5,7,16H2,1H3,(H,17,18). The fraction of sp³-hybridized carbons (Fsp3) is 0.429. The molecule has 1 aromatic carbocycles. The number of halogens is 1. The molecule has 1 heterocycles. The summed E-state index contributed by atoms with van der Waals surface area (Å²) in [6.07, 6.45) is 0.521. The SMILES string of the molecule is COC(=O)c1cc(F)ccc1NC(=O)C1CCC(CN)O1. The molecule has 0 bridgehead atoms. The van der Waals surface area contributed by atoms with E-state index < -0.39 is 17.9 Å². The van der Waals surface area contributed by atoms with Crippen LogP contribution in [0, 0.1) is 5.82 Å². The van der Waals surface area contributed by atoms with Crippen LogP contribution in [-0.2, 0) is 14.3 Å². The van der Waals surface area contributed by atoms with E-state index in [1.165, 1.54) is 13.2 Å². The summed E-state index contributed by atoms with van der Waals surface area (Å²) >= 11 is 0. The number of benzene rings is 1. The van der Waals surface area contributed by atoms with Gasteiger partial charge >= 0.3 is 5.97 Å². The van der Waals surface area contributed by atoms with E-state index in [9.17, 15) is 14.0 Å². The van der Waals surface area contributed by atoms with Gasteiger partial charge in [0, 0.05) is 6.54 Å². The lowest BCUT2D eigenvalue weighted by Gasteiger charge is -2.14. The lowest BCUT2D eigenvalue weighted by atomic mass is 10.1. The van der Waals surface area contributed by atoms with Crippen molar-refractivity contribution in [2.24, 2.45) is 5.73 Å². The van der Waals surface area contributed by atoms with Crippen molar-refractivity contribution < 1.29 is 23.5 Å². The van der Waals surface area contributed by atoms with E-state index in [1.807, 2.05) is 0 Å². The Morgan fingerprint density at radius 2 is 2.24 bits per heavy atom. The number of amides is 1. The molecular formula is C14H17FN2O4. The number of anilines is 1. The zero-order chi connectivity index (χ0) is 15.4. The molecular weight excluding hydrogens is 279 g/mol. The maximum absolute atomic E-state index is 13.2. The number of carbonyl (C=O) groups is 2. The third-order valence-corrected chi connectivity index (χ3v) is 3.31. The van der Waals surface area contributed by atoms with Crippen LogP contribution in [0.3, 0.4) is 0 Å². The molecule has 0 aromatic heterocycles. The summed E-state index contributed by atoms with van der Waals surface area (Å²) in [5.74, 6) is -1.70. The molecule has 2 atom stereocenters. The zero-order valence-corrected chi connectivity index (χ0v) is 11.6. The van der Waals surface area contributed by atoms with Crippen LogP contribution < -0.4 is 11.1 Å². The minimum Gasteiger partial charge on any atom is -0.465 e. The first-order valence-corrected chi connectivity index (χ1v) is 6.59. The Balaban J connectivity index is 2.12. The number of hydrogen-bond donors (Lipinski definition) is 2. The quantitative estimate of drug-likeness (QED) is 0.811. The van der Waals surface area contributed by atoms with Crippen LogP contribution in [0.2, 0.25) is 0 Å². The van der Waals surface area contributed by atoms with Gasteiger partial charge in [0.05, 0.1) is 24.5 Å². The Kier molecular flexibility index (Phi) is 4.87. The smallest absolute Gasteiger partial charge is 0.340 e. The number of carbonyl (C=O) groups excluding carboxylic acids is 2. The van der Waals surface area contributed by atoms with Crippen molar-refractivity contribution >= 4 is 17.6 Å². The first-order chi connectivity index (χ1) is 10.0. The first kappa shape index (κ1) is 15.4. The Morgan fingerprint density at radius 3 is 2.86 bits per heavy atom. The van der Waals surface area contributed by atoms with Crippen molar-refractivity contribution in [2.75, 3.05) is 19.0 Å². The summed E-state index contributed by atoms with van der Waals surface area (Å²) < 4.78 is 23.3. The van der Waals surface area contributed by atoms with Crippen molar-refractivity contribution in [1.82, 2.24) is 0 Å². The summed E-state index contributed by atoms with van der Waals surface area (Å²) in [5, 5.41) is 2.57. The summed E-state index contributed by atoms with van der Waals surface area (Å²) in [7, 11) is 1.19. The molecule has 1 fully saturated rings. The van der Waals surface area contributed by atoms with E-state index in [-0.39, 0.29) is 23.3 Å². The molecule has 1 aromatic rings. The third-order valence-electron chi connectivity index (χ3n) is 3.31. The second-order valence-electron chi connectivity index (χ2n) is 4.73. The van der Waals surface area contributed by atoms with Gasteiger partial charge in [0.1, 0.15) is 11.9 Å². The highest BCUT2D eigenvalue weighted by Gasteiger charge is 2.30. The average molecular weight is 296 g/mol.